The quantitative estimate of drug-likeness (QED) is 0.403. The molecule has 1 aromatic heterocycles. The number of nitrogens with zero attached hydrogens (tertiary/aromatic N) is 3. The zero-order valence-corrected chi connectivity index (χ0v) is 23.7. The van der Waals surface area contributed by atoms with E-state index in [0.717, 1.165) is 47.0 Å². The maximum Gasteiger partial charge on any atom is 0.240 e. The Morgan fingerprint density at radius 2 is 1.76 bits per heavy atom. The fourth-order valence-electron chi connectivity index (χ4n) is 4.41. The number of aryl methyl sites for hydroxylation is 1. The number of aliphatic hydroxyl groups is 1. The summed E-state index contributed by atoms with van der Waals surface area (Å²) in [4.78, 5) is 9.25. The molecule has 37 heavy (non-hydrogen) atoms. The predicted octanol–water partition coefficient (Wildman–Crippen LogP) is 3.24. The Hall–Kier alpha value is -2.08. The molecule has 10 heteroatoms. The predicted molar refractivity (Wildman–Crippen MR) is 149 cm³/mol. The Kier molecular flexibility index (Phi) is 8.88. The van der Waals surface area contributed by atoms with Gasteiger partial charge in [-0.1, -0.05) is 32.9 Å². The highest BCUT2D eigenvalue weighted by molar-refractivity contribution is 7.89. The first-order valence-electron chi connectivity index (χ1n) is 12.7. The third-order valence-corrected chi connectivity index (χ3v) is 9.02. The molecule has 0 bridgehead atoms. The van der Waals surface area contributed by atoms with E-state index in [-0.39, 0.29) is 12.0 Å². The minimum atomic E-state index is -3.53. The van der Waals surface area contributed by atoms with Crippen molar-refractivity contribution in [1.29, 1.82) is 0 Å². The number of fused-ring (bicyclic) bond motifs is 1. The summed E-state index contributed by atoms with van der Waals surface area (Å²) >= 11 is 1.65. The molecule has 8 nitrogen and oxygen atoms in total. The highest BCUT2D eigenvalue weighted by Gasteiger charge is 2.21. The first kappa shape index (κ1) is 27.9. The van der Waals surface area contributed by atoms with Crippen LogP contribution in [0.4, 0.5) is 0 Å². The van der Waals surface area contributed by atoms with Gasteiger partial charge in [0.2, 0.25) is 10.0 Å². The van der Waals surface area contributed by atoms with Gasteiger partial charge >= 0.3 is 0 Å². The lowest BCUT2D eigenvalue weighted by molar-refractivity contribution is 0.0465. The first-order valence-corrected chi connectivity index (χ1v) is 15.0. The highest BCUT2D eigenvalue weighted by Crippen LogP contribution is 2.26. The van der Waals surface area contributed by atoms with Gasteiger partial charge in [-0.2, -0.15) is 0 Å². The Bertz CT molecular complexity index is 1280. The van der Waals surface area contributed by atoms with Gasteiger partial charge in [0.1, 0.15) is 18.5 Å². The summed E-state index contributed by atoms with van der Waals surface area (Å²) in [6, 6.07) is 13.0. The van der Waals surface area contributed by atoms with E-state index in [1.807, 2.05) is 37.3 Å². The molecular weight excluding hydrogens is 508 g/mol. The van der Waals surface area contributed by atoms with Gasteiger partial charge in [0.25, 0.3) is 0 Å². The summed E-state index contributed by atoms with van der Waals surface area (Å²) in [5, 5.41) is 11.5. The van der Waals surface area contributed by atoms with Crippen molar-refractivity contribution in [2.24, 2.45) is 0 Å². The molecule has 2 heterocycles. The van der Waals surface area contributed by atoms with Crippen molar-refractivity contribution in [3.8, 4) is 5.75 Å². The molecule has 1 fully saturated rings. The number of nitrogens with one attached hydrogen (secondary N) is 1. The lowest BCUT2D eigenvalue weighted by Crippen LogP contribution is -2.50. The maximum absolute atomic E-state index is 12.7. The molecule has 0 aliphatic carbocycles. The van der Waals surface area contributed by atoms with Crippen molar-refractivity contribution in [3.63, 3.8) is 0 Å². The van der Waals surface area contributed by atoms with Crippen LogP contribution in [0.5, 0.6) is 5.75 Å². The van der Waals surface area contributed by atoms with Crippen LogP contribution in [0, 0.1) is 6.92 Å². The molecular formula is C27H38N4O4S2. The van der Waals surface area contributed by atoms with Crippen molar-refractivity contribution < 1.29 is 18.3 Å². The fourth-order valence-corrected chi connectivity index (χ4v) is 6.23. The summed E-state index contributed by atoms with van der Waals surface area (Å²) in [5.41, 5.74) is 2.01. The number of benzene rings is 2. The van der Waals surface area contributed by atoms with Crippen LogP contribution < -0.4 is 9.46 Å². The number of piperazine rings is 1. The average molecular weight is 547 g/mol. The Morgan fingerprint density at radius 1 is 1.08 bits per heavy atom. The van der Waals surface area contributed by atoms with Gasteiger partial charge in [-0.3, -0.25) is 9.80 Å². The zero-order valence-electron chi connectivity index (χ0n) is 22.1. The van der Waals surface area contributed by atoms with Gasteiger partial charge in [0, 0.05) is 51.9 Å². The molecule has 0 amide bonds. The van der Waals surface area contributed by atoms with Crippen LogP contribution in [-0.4, -0.2) is 86.8 Å². The largest absolute Gasteiger partial charge is 0.491 e. The molecule has 202 valence electrons. The lowest BCUT2D eigenvalue weighted by Gasteiger charge is -2.35. The van der Waals surface area contributed by atoms with Crippen molar-refractivity contribution in [3.05, 3.63) is 53.0 Å². The van der Waals surface area contributed by atoms with Gasteiger partial charge in [0.15, 0.2) is 0 Å². The van der Waals surface area contributed by atoms with Gasteiger partial charge in [0.05, 0.1) is 20.1 Å². The minimum absolute atomic E-state index is 0.0169. The summed E-state index contributed by atoms with van der Waals surface area (Å²) in [6.45, 7) is 13.4. The van der Waals surface area contributed by atoms with E-state index >= 15 is 0 Å². The molecule has 1 unspecified atom stereocenters. The molecule has 0 spiro atoms. The van der Waals surface area contributed by atoms with Crippen molar-refractivity contribution in [1.82, 2.24) is 19.5 Å². The van der Waals surface area contributed by atoms with E-state index in [1.165, 1.54) is 0 Å². The van der Waals surface area contributed by atoms with Crippen LogP contribution in [0.3, 0.4) is 0 Å². The van der Waals surface area contributed by atoms with E-state index in [0.29, 0.717) is 30.3 Å². The SMILES string of the molecule is Cc1nc2cc(OCC(O)CN3CCN(CCNS(=O)(=O)c4ccc(C(C)(C)C)cc4)CC3)ccc2s1. The summed E-state index contributed by atoms with van der Waals surface area (Å²) in [7, 11) is -3.53. The molecule has 0 radical (unpaired) electrons. The van der Waals surface area contributed by atoms with Crippen molar-refractivity contribution in [2.45, 2.75) is 44.1 Å². The van der Waals surface area contributed by atoms with Crippen LogP contribution in [0.2, 0.25) is 0 Å². The second-order valence-corrected chi connectivity index (χ2v) is 13.6. The summed E-state index contributed by atoms with van der Waals surface area (Å²) in [6.07, 6.45) is -0.587. The van der Waals surface area contributed by atoms with Crippen molar-refractivity contribution in [2.75, 3.05) is 52.4 Å². The maximum atomic E-state index is 12.7. The highest BCUT2D eigenvalue weighted by atomic mass is 32.2. The Morgan fingerprint density at radius 3 is 2.43 bits per heavy atom. The molecule has 3 aromatic rings. The average Bonchev–Trinajstić information content (AvgIpc) is 3.22. The zero-order chi connectivity index (χ0) is 26.6. The monoisotopic (exact) mass is 546 g/mol. The lowest BCUT2D eigenvalue weighted by atomic mass is 9.87. The van der Waals surface area contributed by atoms with E-state index < -0.39 is 16.1 Å². The molecule has 2 N–H and O–H groups in total. The smallest absolute Gasteiger partial charge is 0.240 e. The fraction of sp³-hybridized carbons (Fsp3) is 0.519. The molecule has 0 saturated carbocycles. The van der Waals surface area contributed by atoms with Crippen LogP contribution in [-0.2, 0) is 15.4 Å². The molecule has 1 saturated heterocycles. The topological polar surface area (TPSA) is 95.0 Å². The normalized spacial score (nSPS) is 16.8. The van der Waals surface area contributed by atoms with Crippen LogP contribution in [0.1, 0.15) is 31.3 Å². The number of β-amino-alcohol motifs (C(OH)–C–C–N with tert-alkyl or cyclic N) is 1. The van der Waals surface area contributed by atoms with E-state index in [1.54, 1.807) is 23.5 Å². The molecule has 2 aromatic carbocycles. The standard InChI is InChI=1S/C27H38N4O4S2/c1-20-29-25-17-23(7-10-26(25)36-20)35-19-22(32)18-31-15-13-30(14-16-31)12-11-28-37(33,34)24-8-5-21(6-9-24)27(2,3)4/h5-10,17,22,28,32H,11-16,18-19H2,1-4H3. The number of hydrogen-bond donors (Lipinski definition) is 2. The Balaban J connectivity index is 1.15. The van der Waals surface area contributed by atoms with Crippen LogP contribution >= 0.6 is 11.3 Å². The second-order valence-electron chi connectivity index (χ2n) is 10.6. The van der Waals surface area contributed by atoms with Gasteiger partial charge in [-0.05, 0) is 42.2 Å². The number of aromatic nitrogens is 1. The summed E-state index contributed by atoms with van der Waals surface area (Å²) < 4.78 is 35.0. The van der Waals surface area contributed by atoms with E-state index in [9.17, 15) is 13.5 Å². The number of rotatable bonds is 10. The van der Waals surface area contributed by atoms with Crippen molar-refractivity contribution >= 4 is 31.6 Å². The third-order valence-electron chi connectivity index (χ3n) is 6.59. The molecule has 4 rings (SSSR count). The third kappa shape index (κ3) is 7.72. The molecule has 1 atom stereocenters. The van der Waals surface area contributed by atoms with Gasteiger partial charge in [-0.25, -0.2) is 18.1 Å². The number of ether oxygens (including phenoxy) is 1. The summed E-state index contributed by atoms with van der Waals surface area (Å²) in [5.74, 6) is 0.717. The van der Waals surface area contributed by atoms with Crippen LogP contribution in [0.15, 0.2) is 47.4 Å². The Labute approximate surface area is 224 Å². The first-order chi connectivity index (χ1) is 17.5. The van der Waals surface area contributed by atoms with Gasteiger partial charge < -0.3 is 9.84 Å². The number of thiazole rings is 1. The van der Waals surface area contributed by atoms with E-state index in [4.69, 9.17) is 4.74 Å². The molecule has 1 aliphatic rings. The molecule has 1 aliphatic heterocycles. The van der Waals surface area contributed by atoms with E-state index in [2.05, 4.69) is 40.3 Å². The number of sulfonamides is 1. The number of aliphatic hydroxyl groups excluding tert-OH is 1. The van der Waals surface area contributed by atoms with Crippen LogP contribution in [0.25, 0.3) is 10.2 Å². The second kappa shape index (κ2) is 11.8. The van der Waals surface area contributed by atoms with Gasteiger partial charge in [-0.15, -0.1) is 11.3 Å². The number of hydrogen-bond acceptors (Lipinski definition) is 8. The minimum Gasteiger partial charge on any atom is -0.491 e.